The lowest BCUT2D eigenvalue weighted by atomic mass is 9.94. The van der Waals surface area contributed by atoms with Crippen LogP contribution in [0, 0.1) is 0 Å². The average molecular weight is 299 g/mol. The van der Waals surface area contributed by atoms with Gasteiger partial charge in [0.15, 0.2) is 0 Å². The molecule has 0 aliphatic rings. The van der Waals surface area contributed by atoms with Gasteiger partial charge in [0, 0.05) is 16.2 Å². The summed E-state index contributed by atoms with van der Waals surface area (Å²) in [6.07, 6.45) is -0.491. The van der Waals surface area contributed by atoms with Crippen LogP contribution in [0.3, 0.4) is 0 Å². The molecule has 1 aromatic rings. The molecule has 0 unspecified atom stereocenters. The Morgan fingerprint density at radius 3 is 2.25 bits per heavy atom. The minimum Gasteiger partial charge on any atom is -0.444 e. The molecular weight excluding hydrogens is 276 g/mol. The second-order valence-electron chi connectivity index (χ2n) is 6.20. The third kappa shape index (κ3) is 4.69. The fourth-order valence-corrected chi connectivity index (χ4v) is 2.07. The van der Waals surface area contributed by atoms with Crippen LogP contribution in [-0.4, -0.2) is 18.7 Å². The molecule has 2 N–H and O–H groups in total. The molecule has 0 heterocycles. The van der Waals surface area contributed by atoms with Gasteiger partial charge >= 0.3 is 6.09 Å². The van der Waals surface area contributed by atoms with Gasteiger partial charge in [-0.25, -0.2) is 4.79 Å². The van der Waals surface area contributed by atoms with Crippen LogP contribution in [0.5, 0.6) is 0 Å². The first-order valence-corrected chi connectivity index (χ1v) is 6.92. The zero-order chi connectivity index (χ0) is 15.6. The predicted octanol–water partition coefficient (Wildman–Crippen LogP) is 4.14. The lowest BCUT2D eigenvalue weighted by Crippen LogP contribution is -2.33. The van der Waals surface area contributed by atoms with Crippen LogP contribution < -0.4 is 10.6 Å². The fourth-order valence-electron chi connectivity index (χ4n) is 1.66. The largest absolute Gasteiger partial charge is 0.444 e. The highest BCUT2D eigenvalue weighted by atomic mass is 35.5. The smallest absolute Gasteiger partial charge is 0.412 e. The van der Waals surface area contributed by atoms with Gasteiger partial charge in [0.1, 0.15) is 5.60 Å². The van der Waals surface area contributed by atoms with Crippen LogP contribution >= 0.6 is 11.6 Å². The first kappa shape index (κ1) is 16.8. The van der Waals surface area contributed by atoms with Gasteiger partial charge in [-0.3, -0.25) is 5.32 Å². The molecule has 0 spiro atoms. The molecule has 1 amide bonds. The van der Waals surface area contributed by atoms with Crippen molar-refractivity contribution in [2.75, 3.05) is 12.4 Å². The monoisotopic (exact) mass is 298 g/mol. The van der Waals surface area contributed by atoms with Gasteiger partial charge < -0.3 is 10.1 Å². The van der Waals surface area contributed by atoms with Gasteiger partial charge in [-0.15, -0.1) is 0 Å². The summed E-state index contributed by atoms with van der Waals surface area (Å²) >= 11 is 6.28. The molecule has 0 atom stereocenters. The van der Waals surface area contributed by atoms with E-state index in [9.17, 15) is 4.79 Å². The van der Waals surface area contributed by atoms with Crippen molar-refractivity contribution >= 4 is 23.4 Å². The highest BCUT2D eigenvalue weighted by Crippen LogP contribution is 2.30. The van der Waals surface area contributed by atoms with Gasteiger partial charge in [-0.2, -0.15) is 0 Å². The number of ether oxygens (including phenoxy) is 1. The van der Waals surface area contributed by atoms with Crippen molar-refractivity contribution in [2.45, 2.75) is 45.8 Å². The van der Waals surface area contributed by atoms with Crippen molar-refractivity contribution in [1.29, 1.82) is 0 Å². The molecule has 0 aromatic heterocycles. The molecule has 0 aliphatic carbocycles. The summed E-state index contributed by atoms with van der Waals surface area (Å²) in [5.41, 5.74) is 0.819. The number of rotatable bonds is 3. The van der Waals surface area contributed by atoms with Crippen molar-refractivity contribution in [3.05, 3.63) is 28.8 Å². The van der Waals surface area contributed by atoms with Crippen LogP contribution in [0.4, 0.5) is 10.5 Å². The van der Waals surface area contributed by atoms with Gasteiger partial charge in [0.25, 0.3) is 0 Å². The number of carbonyl (C=O) groups is 1. The molecule has 0 radical (unpaired) electrons. The topological polar surface area (TPSA) is 50.4 Å². The van der Waals surface area contributed by atoms with Gasteiger partial charge in [0.05, 0.1) is 0 Å². The van der Waals surface area contributed by atoms with Gasteiger partial charge in [-0.1, -0.05) is 17.7 Å². The summed E-state index contributed by atoms with van der Waals surface area (Å²) in [6.45, 7) is 9.53. The number of hydrogen-bond acceptors (Lipinski definition) is 3. The number of halogens is 1. The minimum atomic E-state index is -0.526. The third-order valence-electron chi connectivity index (χ3n) is 2.91. The minimum absolute atomic E-state index is 0.235. The first-order valence-electron chi connectivity index (χ1n) is 6.54. The number of benzene rings is 1. The van der Waals surface area contributed by atoms with E-state index in [0.717, 1.165) is 5.56 Å². The van der Waals surface area contributed by atoms with E-state index in [4.69, 9.17) is 16.3 Å². The molecule has 0 saturated carbocycles. The third-order valence-corrected chi connectivity index (χ3v) is 3.23. The zero-order valence-electron chi connectivity index (χ0n) is 12.9. The van der Waals surface area contributed by atoms with E-state index in [2.05, 4.69) is 10.6 Å². The van der Waals surface area contributed by atoms with E-state index >= 15 is 0 Å². The van der Waals surface area contributed by atoms with Crippen molar-refractivity contribution in [3.63, 3.8) is 0 Å². The van der Waals surface area contributed by atoms with Crippen molar-refractivity contribution in [1.82, 2.24) is 5.32 Å². The number of nitrogens with one attached hydrogen (secondary N) is 2. The molecule has 1 rings (SSSR count). The Morgan fingerprint density at radius 2 is 1.80 bits per heavy atom. The maximum absolute atomic E-state index is 11.7. The molecule has 0 aliphatic heterocycles. The first-order chi connectivity index (χ1) is 9.05. The Morgan fingerprint density at radius 1 is 1.20 bits per heavy atom. The maximum Gasteiger partial charge on any atom is 0.412 e. The number of hydrogen-bond donors (Lipinski definition) is 2. The highest BCUT2D eigenvalue weighted by molar-refractivity contribution is 6.31. The summed E-state index contributed by atoms with van der Waals surface area (Å²) in [5, 5.41) is 6.46. The van der Waals surface area contributed by atoms with E-state index in [1.165, 1.54) is 0 Å². The summed E-state index contributed by atoms with van der Waals surface area (Å²) in [5.74, 6) is 0. The summed E-state index contributed by atoms with van der Waals surface area (Å²) in [4.78, 5) is 11.7. The van der Waals surface area contributed by atoms with E-state index < -0.39 is 11.7 Å². The summed E-state index contributed by atoms with van der Waals surface area (Å²) in [6, 6.07) is 5.43. The Kier molecular flexibility index (Phi) is 5.05. The SMILES string of the molecule is CNC(C)(C)c1ccc(NC(=O)OC(C)(C)C)cc1Cl. The van der Waals surface area contributed by atoms with Crippen LogP contribution in [0.1, 0.15) is 40.2 Å². The van der Waals surface area contributed by atoms with Crippen molar-refractivity contribution in [2.24, 2.45) is 0 Å². The van der Waals surface area contributed by atoms with E-state index in [0.29, 0.717) is 10.7 Å². The molecule has 112 valence electrons. The molecule has 0 bridgehead atoms. The Labute approximate surface area is 125 Å². The van der Waals surface area contributed by atoms with E-state index in [-0.39, 0.29) is 5.54 Å². The fraction of sp³-hybridized carbons (Fsp3) is 0.533. The molecule has 5 heteroatoms. The highest BCUT2D eigenvalue weighted by Gasteiger charge is 2.21. The lowest BCUT2D eigenvalue weighted by molar-refractivity contribution is 0.0636. The normalized spacial score (nSPS) is 12.2. The van der Waals surface area contributed by atoms with Gasteiger partial charge in [0.2, 0.25) is 0 Å². The Bertz CT molecular complexity index is 493. The maximum atomic E-state index is 11.7. The quantitative estimate of drug-likeness (QED) is 0.881. The number of anilines is 1. The second-order valence-corrected chi connectivity index (χ2v) is 6.60. The molecule has 0 saturated heterocycles. The van der Waals surface area contributed by atoms with Crippen molar-refractivity contribution < 1.29 is 9.53 Å². The van der Waals surface area contributed by atoms with Gasteiger partial charge in [-0.05, 0) is 59.4 Å². The van der Waals surface area contributed by atoms with Crippen LogP contribution in [-0.2, 0) is 10.3 Å². The second kappa shape index (κ2) is 6.02. The molecule has 0 fully saturated rings. The lowest BCUT2D eigenvalue weighted by Gasteiger charge is -2.26. The molecule has 1 aromatic carbocycles. The standard InChI is InChI=1S/C15H23ClN2O2/c1-14(2,3)20-13(19)18-10-7-8-11(12(16)9-10)15(4,5)17-6/h7-9,17H,1-6H3,(H,18,19). The molecular formula is C15H23ClN2O2. The average Bonchev–Trinajstić information content (AvgIpc) is 2.25. The van der Waals surface area contributed by atoms with Crippen molar-refractivity contribution in [3.8, 4) is 0 Å². The Hall–Kier alpha value is -1.26. The summed E-state index contributed by atoms with van der Waals surface area (Å²) < 4.78 is 5.19. The Balaban J connectivity index is 2.86. The molecule has 20 heavy (non-hydrogen) atoms. The summed E-state index contributed by atoms with van der Waals surface area (Å²) in [7, 11) is 1.88. The number of carbonyl (C=O) groups excluding carboxylic acids is 1. The number of amides is 1. The molecule has 4 nitrogen and oxygen atoms in total. The predicted molar refractivity (Wildman–Crippen MR) is 83.4 cm³/mol. The van der Waals surface area contributed by atoms with Crippen LogP contribution in [0.2, 0.25) is 5.02 Å². The van der Waals surface area contributed by atoms with E-state index in [1.807, 2.05) is 53.8 Å². The van der Waals surface area contributed by atoms with Crippen LogP contribution in [0.15, 0.2) is 18.2 Å². The van der Waals surface area contributed by atoms with E-state index in [1.54, 1.807) is 6.07 Å². The van der Waals surface area contributed by atoms with Crippen LogP contribution in [0.25, 0.3) is 0 Å². The zero-order valence-corrected chi connectivity index (χ0v) is 13.7.